The fourth-order valence-corrected chi connectivity index (χ4v) is 1.35. The Labute approximate surface area is 106 Å². The number of hydrogen-bond acceptors (Lipinski definition) is 3. The first-order valence-electron chi connectivity index (χ1n) is 5.61. The van der Waals surface area contributed by atoms with Crippen molar-refractivity contribution in [2.24, 2.45) is 5.73 Å². The molecule has 0 radical (unpaired) electrons. The Morgan fingerprint density at radius 3 is 2.22 bits per heavy atom. The van der Waals surface area contributed by atoms with Gasteiger partial charge in [-0.25, -0.2) is 5.48 Å². The third-order valence-electron chi connectivity index (χ3n) is 2.39. The van der Waals surface area contributed by atoms with Gasteiger partial charge in [-0.2, -0.15) is 0 Å². The van der Waals surface area contributed by atoms with Gasteiger partial charge in [-0.05, 0) is 23.1 Å². The van der Waals surface area contributed by atoms with Gasteiger partial charge >= 0.3 is 0 Å². The molecule has 0 aliphatic carbocycles. The van der Waals surface area contributed by atoms with Crippen molar-refractivity contribution < 1.29 is 14.4 Å². The van der Waals surface area contributed by atoms with Crippen molar-refractivity contribution in [3.05, 3.63) is 35.4 Å². The number of primary amides is 1. The zero-order valence-corrected chi connectivity index (χ0v) is 10.8. The molecule has 0 saturated carbocycles. The molecule has 1 aromatic carbocycles. The molecular formula is C13H18N2O3. The minimum absolute atomic E-state index is 0.0392. The number of nitrogens with one attached hydrogen (secondary N) is 1. The summed E-state index contributed by atoms with van der Waals surface area (Å²) >= 11 is 0. The predicted octanol–water partition coefficient (Wildman–Crippen LogP) is 1.13. The van der Waals surface area contributed by atoms with Crippen LogP contribution in [0.1, 0.15) is 36.7 Å². The lowest BCUT2D eigenvalue weighted by molar-refractivity contribution is -0.124. The molecule has 5 heteroatoms. The largest absolute Gasteiger partial charge is 0.368 e. The molecule has 0 aliphatic heterocycles. The van der Waals surface area contributed by atoms with Gasteiger partial charge in [-0.3, -0.25) is 14.4 Å². The van der Waals surface area contributed by atoms with Gasteiger partial charge in [0, 0.05) is 5.56 Å². The summed E-state index contributed by atoms with van der Waals surface area (Å²) in [5.74, 6) is -1.05. The molecule has 0 fully saturated rings. The zero-order chi connectivity index (χ0) is 13.8. The maximum absolute atomic E-state index is 11.6. The van der Waals surface area contributed by atoms with E-state index >= 15 is 0 Å². The van der Waals surface area contributed by atoms with Crippen LogP contribution in [0.2, 0.25) is 0 Å². The molecular weight excluding hydrogens is 232 g/mol. The molecule has 1 aromatic rings. The Hall–Kier alpha value is -1.88. The van der Waals surface area contributed by atoms with Crippen LogP contribution in [-0.2, 0) is 15.0 Å². The van der Waals surface area contributed by atoms with Gasteiger partial charge in [0.15, 0.2) is 6.61 Å². The molecule has 1 rings (SSSR count). The van der Waals surface area contributed by atoms with Crippen LogP contribution in [-0.4, -0.2) is 18.4 Å². The highest BCUT2D eigenvalue weighted by molar-refractivity contribution is 5.93. The lowest BCUT2D eigenvalue weighted by Crippen LogP contribution is -2.29. The van der Waals surface area contributed by atoms with Crippen LogP contribution in [0.3, 0.4) is 0 Å². The van der Waals surface area contributed by atoms with Gasteiger partial charge in [0.2, 0.25) is 5.91 Å². The molecule has 0 unspecified atom stereocenters. The van der Waals surface area contributed by atoms with E-state index in [-0.39, 0.29) is 12.0 Å². The Morgan fingerprint density at radius 1 is 1.22 bits per heavy atom. The normalized spacial score (nSPS) is 11.1. The van der Waals surface area contributed by atoms with Crippen molar-refractivity contribution in [2.45, 2.75) is 26.2 Å². The van der Waals surface area contributed by atoms with Crippen molar-refractivity contribution >= 4 is 11.8 Å². The Morgan fingerprint density at radius 2 is 1.78 bits per heavy atom. The van der Waals surface area contributed by atoms with E-state index in [4.69, 9.17) is 5.73 Å². The van der Waals surface area contributed by atoms with E-state index in [1.54, 1.807) is 12.1 Å². The second kappa shape index (κ2) is 5.64. The molecule has 3 N–H and O–H groups in total. The van der Waals surface area contributed by atoms with E-state index in [1.807, 2.05) is 12.1 Å². The fraction of sp³-hybridized carbons (Fsp3) is 0.385. The van der Waals surface area contributed by atoms with Crippen LogP contribution in [0.5, 0.6) is 0 Å². The summed E-state index contributed by atoms with van der Waals surface area (Å²) < 4.78 is 0. The van der Waals surface area contributed by atoms with Gasteiger partial charge < -0.3 is 5.73 Å². The number of nitrogens with two attached hydrogens (primary N) is 1. The summed E-state index contributed by atoms with van der Waals surface area (Å²) in [6.07, 6.45) is 0. The number of carbonyl (C=O) groups excluding carboxylic acids is 2. The average molecular weight is 250 g/mol. The number of benzene rings is 1. The van der Waals surface area contributed by atoms with Crippen LogP contribution in [0.4, 0.5) is 0 Å². The van der Waals surface area contributed by atoms with E-state index in [2.05, 4.69) is 31.1 Å². The monoisotopic (exact) mass is 250 g/mol. The predicted molar refractivity (Wildman–Crippen MR) is 67.8 cm³/mol. The third kappa shape index (κ3) is 4.18. The molecule has 0 bridgehead atoms. The van der Waals surface area contributed by atoms with Crippen LogP contribution in [0.15, 0.2) is 24.3 Å². The SMILES string of the molecule is CC(C)(C)c1ccc(C(=O)NOCC(N)=O)cc1. The van der Waals surface area contributed by atoms with Gasteiger partial charge in [0.05, 0.1) is 0 Å². The molecule has 18 heavy (non-hydrogen) atoms. The molecule has 2 amide bonds. The first-order valence-corrected chi connectivity index (χ1v) is 5.61. The number of amides is 2. The van der Waals surface area contributed by atoms with E-state index < -0.39 is 11.8 Å². The number of rotatable bonds is 4. The minimum Gasteiger partial charge on any atom is -0.368 e. The van der Waals surface area contributed by atoms with Crippen LogP contribution < -0.4 is 11.2 Å². The lowest BCUT2D eigenvalue weighted by atomic mass is 9.87. The van der Waals surface area contributed by atoms with Crippen molar-refractivity contribution in [1.29, 1.82) is 0 Å². The highest BCUT2D eigenvalue weighted by Crippen LogP contribution is 2.22. The standard InChI is InChI=1S/C13H18N2O3/c1-13(2,3)10-6-4-9(5-7-10)12(17)15-18-8-11(14)16/h4-7H,8H2,1-3H3,(H2,14,16)(H,15,17). The van der Waals surface area contributed by atoms with Gasteiger partial charge in [-0.15, -0.1) is 0 Å². The van der Waals surface area contributed by atoms with Gasteiger partial charge in [0.1, 0.15) is 0 Å². The third-order valence-corrected chi connectivity index (χ3v) is 2.39. The van der Waals surface area contributed by atoms with E-state index in [9.17, 15) is 9.59 Å². The highest BCUT2D eigenvalue weighted by atomic mass is 16.7. The molecule has 0 aromatic heterocycles. The van der Waals surface area contributed by atoms with Gasteiger partial charge in [-0.1, -0.05) is 32.9 Å². The second-order valence-electron chi connectivity index (χ2n) is 5.01. The molecule has 5 nitrogen and oxygen atoms in total. The Bertz CT molecular complexity index is 433. The molecule has 0 heterocycles. The maximum atomic E-state index is 11.6. The second-order valence-corrected chi connectivity index (χ2v) is 5.01. The number of hydrogen-bond donors (Lipinski definition) is 2. The van der Waals surface area contributed by atoms with E-state index in [0.717, 1.165) is 5.56 Å². The first-order chi connectivity index (χ1) is 8.30. The minimum atomic E-state index is -0.640. The quantitative estimate of drug-likeness (QED) is 0.786. The molecule has 0 spiro atoms. The summed E-state index contributed by atoms with van der Waals surface area (Å²) in [7, 11) is 0. The Balaban J connectivity index is 2.62. The molecule has 98 valence electrons. The molecule has 0 aliphatic rings. The Kier molecular flexibility index (Phi) is 4.44. The van der Waals surface area contributed by atoms with Crippen molar-refractivity contribution in [3.8, 4) is 0 Å². The fourth-order valence-electron chi connectivity index (χ4n) is 1.35. The van der Waals surface area contributed by atoms with Crippen molar-refractivity contribution in [2.75, 3.05) is 6.61 Å². The maximum Gasteiger partial charge on any atom is 0.274 e. The smallest absolute Gasteiger partial charge is 0.274 e. The first kappa shape index (κ1) is 14.2. The van der Waals surface area contributed by atoms with Gasteiger partial charge in [0.25, 0.3) is 5.91 Å². The summed E-state index contributed by atoms with van der Waals surface area (Å²) in [6.45, 7) is 5.94. The molecule has 0 saturated heterocycles. The summed E-state index contributed by atoms with van der Waals surface area (Å²) in [5.41, 5.74) is 8.66. The van der Waals surface area contributed by atoms with E-state index in [0.29, 0.717) is 5.56 Å². The zero-order valence-electron chi connectivity index (χ0n) is 10.8. The summed E-state index contributed by atoms with van der Waals surface area (Å²) in [4.78, 5) is 26.7. The van der Waals surface area contributed by atoms with Crippen LogP contribution in [0, 0.1) is 0 Å². The average Bonchev–Trinajstić information content (AvgIpc) is 2.27. The summed E-state index contributed by atoms with van der Waals surface area (Å²) in [5, 5.41) is 0. The lowest BCUT2D eigenvalue weighted by Gasteiger charge is -2.18. The van der Waals surface area contributed by atoms with Crippen molar-refractivity contribution in [1.82, 2.24) is 5.48 Å². The topological polar surface area (TPSA) is 81.4 Å². The number of carbonyl (C=O) groups is 2. The molecule has 0 atom stereocenters. The van der Waals surface area contributed by atoms with Crippen molar-refractivity contribution in [3.63, 3.8) is 0 Å². The van der Waals surface area contributed by atoms with Crippen LogP contribution >= 0.6 is 0 Å². The summed E-state index contributed by atoms with van der Waals surface area (Å²) in [6, 6.07) is 7.21. The van der Waals surface area contributed by atoms with Crippen LogP contribution in [0.25, 0.3) is 0 Å². The number of hydroxylamine groups is 1. The highest BCUT2D eigenvalue weighted by Gasteiger charge is 2.14. The van der Waals surface area contributed by atoms with E-state index in [1.165, 1.54) is 0 Å².